The van der Waals surface area contributed by atoms with E-state index in [0.717, 1.165) is 0 Å². The molecule has 24 heavy (non-hydrogen) atoms. The molecule has 7 nitrogen and oxygen atoms in total. The van der Waals surface area contributed by atoms with Crippen molar-refractivity contribution in [3.8, 4) is 0 Å². The van der Waals surface area contributed by atoms with Crippen molar-refractivity contribution < 1.29 is 23.1 Å². The fraction of sp³-hybridized carbons (Fsp3) is 0.375. The number of carbonyl (C=O) groups excluding carboxylic acids is 1. The summed E-state index contributed by atoms with van der Waals surface area (Å²) >= 11 is 0. The molecule has 1 amide bonds. The summed E-state index contributed by atoms with van der Waals surface area (Å²) in [4.78, 5) is 23.2. The Bertz CT molecular complexity index is 683. The lowest BCUT2D eigenvalue weighted by Crippen LogP contribution is -2.40. The van der Waals surface area contributed by atoms with Gasteiger partial charge in [-0.3, -0.25) is 4.79 Å². The third-order valence-corrected chi connectivity index (χ3v) is 4.70. The van der Waals surface area contributed by atoms with Gasteiger partial charge in [-0.15, -0.1) is 6.58 Å². The molecule has 0 fully saturated rings. The van der Waals surface area contributed by atoms with Gasteiger partial charge in [-0.1, -0.05) is 18.2 Å². The van der Waals surface area contributed by atoms with Gasteiger partial charge < -0.3 is 10.4 Å². The molecule has 132 valence electrons. The lowest BCUT2D eigenvalue weighted by atomic mass is 10.1. The third-order valence-electron chi connectivity index (χ3n) is 3.36. The number of amides is 1. The van der Waals surface area contributed by atoms with Gasteiger partial charge in [0.15, 0.2) is 0 Å². The zero-order valence-electron chi connectivity index (χ0n) is 13.5. The Kier molecular flexibility index (Phi) is 7.60. The highest BCUT2D eigenvalue weighted by Crippen LogP contribution is 2.07. The quantitative estimate of drug-likeness (QED) is 0.548. The number of rotatable bonds is 10. The van der Waals surface area contributed by atoms with E-state index in [1.54, 1.807) is 25.1 Å². The van der Waals surface area contributed by atoms with Gasteiger partial charge >= 0.3 is 5.97 Å². The molecular weight excluding hydrogens is 332 g/mol. The van der Waals surface area contributed by atoms with Gasteiger partial charge in [0.2, 0.25) is 10.0 Å². The van der Waals surface area contributed by atoms with E-state index in [9.17, 15) is 18.0 Å². The van der Waals surface area contributed by atoms with Crippen molar-refractivity contribution in [3.05, 3.63) is 48.0 Å². The molecule has 0 aliphatic heterocycles. The van der Waals surface area contributed by atoms with Crippen LogP contribution in [0.1, 0.15) is 35.7 Å². The van der Waals surface area contributed by atoms with Crippen LogP contribution in [0.2, 0.25) is 0 Å². The van der Waals surface area contributed by atoms with Gasteiger partial charge in [0.1, 0.15) is 6.04 Å². The molecule has 1 unspecified atom stereocenters. The van der Waals surface area contributed by atoms with Crippen molar-refractivity contribution in [1.29, 1.82) is 0 Å². The first-order chi connectivity index (χ1) is 11.3. The molecule has 0 saturated heterocycles. The molecule has 0 aliphatic rings. The zero-order chi connectivity index (χ0) is 18.2. The van der Waals surface area contributed by atoms with Gasteiger partial charge in [-0.05, 0) is 37.5 Å². The van der Waals surface area contributed by atoms with E-state index in [2.05, 4.69) is 16.6 Å². The van der Waals surface area contributed by atoms with E-state index in [1.807, 2.05) is 0 Å². The Morgan fingerprint density at radius 2 is 1.92 bits per heavy atom. The topological polar surface area (TPSA) is 113 Å². The Morgan fingerprint density at radius 1 is 1.29 bits per heavy atom. The number of nitrogens with one attached hydrogen (secondary N) is 2. The van der Waals surface area contributed by atoms with Crippen LogP contribution in [-0.4, -0.2) is 37.2 Å². The molecule has 3 N–H and O–H groups in total. The summed E-state index contributed by atoms with van der Waals surface area (Å²) in [5, 5.41) is 11.5. The molecule has 0 bridgehead atoms. The lowest BCUT2D eigenvalue weighted by Gasteiger charge is -2.14. The van der Waals surface area contributed by atoms with Crippen LogP contribution in [0.5, 0.6) is 0 Å². The fourth-order valence-electron chi connectivity index (χ4n) is 1.85. The lowest BCUT2D eigenvalue weighted by molar-refractivity contribution is -0.139. The first kappa shape index (κ1) is 19.9. The van der Waals surface area contributed by atoms with E-state index in [4.69, 9.17) is 5.11 Å². The molecule has 0 aliphatic carbocycles. The first-order valence-corrected chi connectivity index (χ1v) is 9.15. The molecule has 1 aromatic rings. The second-order valence-electron chi connectivity index (χ2n) is 5.15. The molecule has 0 aromatic heterocycles. The zero-order valence-corrected chi connectivity index (χ0v) is 14.3. The predicted octanol–water partition coefficient (Wildman–Crippen LogP) is 1.28. The molecule has 1 atom stereocenters. The molecule has 1 rings (SSSR count). The van der Waals surface area contributed by atoms with E-state index in [0.29, 0.717) is 17.5 Å². The second kappa shape index (κ2) is 9.19. The highest BCUT2D eigenvalue weighted by atomic mass is 32.2. The van der Waals surface area contributed by atoms with Crippen LogP contribution in [-0.2, 0) is 21.4 Å². The molecule has 0 heterocycles. The largest absolute Gasteiger partial charge is 0.480 e. The number of allylic oxidation sites excluding steroid dienone is 1. The van der Waals surface area contributed by atoms with Crippen LogP contribution in [0.4, 0.5) is 0 Å². The van der Waals surface area contributed by atoms with E-state index < -0.39 is 27.9 Å². The van der Waals surface area contributed by atoms with Gasteiger partial charge in [-0.2, -0.15) is 0 Å². The molecule has 0 saturated carbocycles. The number of benzene rings is 1. The minimum atomic E-state index is -3.28. The van der Waals surface area contributed by atoms with Crippen LogP contribution in [0.3, 0.4) is 0 Å². The maximum Gasteiger partial charge on any atom is 0.326 e. The van der Waals surface area contributed by atoms with Gasteiger partial charge in [0, 0.05) is 12.1 Å². The van der Waals surface area contributed by atoms with Crippen molar-refractivity contribution in [2.45, 2.75) is 32.4 Å². The van der Waals surface area contributed by atoms with Crippen LogP contribution < -0.4 is 10.0 Å². The van der Waals surface area contributed by atoms with Crippen molar-refractivity contribution >= 4 is 21.9 Å². The summed E-state index contributed by atoms with van der Waals surface area (Å²) in [5.74, 6) is -1.60. The number of carbonyl (C=O) groups is 2. The maximum atomic E-state index is 12.1. The SMILES string of the molecule is C=CCCC(NC(=O)c1ccc(CNS(=O)(=O)CC)cc1)C(=O)O. The van der Waals surface area contributed by atoms with Crippen LogP contribution in [0, 0.1) is 0 Å². The van der Waals surface area contributed by atoms with Gasteiger partial charge in [-0.25, -0.2) is 17.9 Å². The minimum absolute atomic E-state index is 0.00518. The number of carboxylic acid groups (broad SMARTS) is 1. The summed E-state index contributed by atoms with van der Waals surface area (Å²) in [6, 6.07) is 5.31. The van der Waals surface area contributed by atoms with Crippen molar-refractivity contribution in [1.82, 2.24) is 10.0 Å². The van der Waals surface area contributed by atoms with Gasteiger partial charge in [0.05, 0.1) is 5.75 Å². The van der Waals surface area contributed by atoms with Crippen LogP contribution in [0.15, 0.2) is 36.9 Å². The Morgan fingerprint density at radius 3 is 2.42 bits per heavy atom. The Balaban J connectivity index is 2.68. The summed E-state index contributed by atoms with van der Waals surface area (Å²) < 4.78 is 25.2. The predicted molar refractivity (Wildman–Crippen MR) is 91.1 cm³/mol. The number of hydrogen-bond donors (Lipinski definition) is 3. The molecule has 8 heteroatoms. The summed E-state index contributed by atoms with van der Waals surface area (Å²) in [5.41, 5.74) is 1.01. The highest BCUT2D eigenvalue weighted by Gasteiger charge is 2.19. The van der Waals surface area contributed by atoms with Gasteiger partial charge in [0.25, 0.3) is 5.91 Å². The fourth-order valence-corrected chi connectivity index (χ4v) is 2.44. The first-order valence-electron chi connectivity index (χ1n) is 7.50. The molecule has 1 aromatic carbocycles. The Labute approximate surface area is 141 Å². The average Bonchev–Trinajstić information content (AvgIpc) is 2.56. The Hall–Kier alpha value is -2.19. The van der Waals surface area contributed by atoms with Crippen molar-refractivity contribution in [2.24, 2.45) is 0 Å². The summed E-state index contributed by atoms with van der Waals surface area (Å²) in [6.07, 6.45) is 2.34. The average molecular weight is 354 g/mol. The van der Waals surface area contributed by atoms with E-state index in [-0.39, 0.29) is 18.7 Å². The summed E-state index contributed by atoms with van der Waals surface area (Å²) in [7, 11) is -3.28. The van der Waals surface area contributed by atoms with Crippen LogP contribution >= 0.6 is 0 Å². The molecule has 0 radical (unpaired) electrons. The molecule has 0 spiro atoms. The molecular formula is C16H22N2O5S. The number of aliphatic carboxylic acids is 1. The number of carboxylic acids is 1. The normalized spacial score (nSPS) is 12.4. The monoisotopic (exact) mass is 354 g/mol. The smallest absolute Gasteiger partial charge is 0.326 e. The van der Waals surface area contributed by atoms with Crippen molar-refractivity contribution in [2.75, 3.05) is 5.75 Å². The van der Waals surface area contributed by atoms with E-state index in [1.165, 1.54) is 12.1 Å². The van der Waals surface area contributed by atoms with Crippen molar-refractivity contribution in [3.63, 3.8) is 0 Å². The van der Waals surface area contributed by atoms with Crippen LogP contribution in [0.25, 0.3) is 0 Å². The van der Waals surface area contributed by atoms with E-state index >= 15 is 0 Å². The minimum Gasteiger partial charge on any atom is -0.480 e. The number of sulfonamides is 1. The summed E-state index contributed by atoms with van der Waals surface area (Å²) in [6.45, 7) is 5.20. The number of hydrogen-bond acceptors (Lipinski definition) is 4. The third kappa shape index (κ3) is 6.51. The second-order valence-corrected chi connectivity index (χ2v) is 7.25. The maximum absolute atomic E-state index is 12.1. The standard InChI is InChI=1S/C16H22N2O5S/c1-3-5-6-14(16(20)21)18-15(19)13-9-7-12(8-10-13)11-17-24(22,23)4-2/h3,7-10,14,17H,1,4-6,11H2,2H3,(H,18,19)(H,20,21). The highest BCUT2D eigenvalue weighted by molar-refractivity contribution is 7.89.